The summed E-state index contributed by atoms with van der Waals surface area (Å²) in [5.41, 5.74) is 0.918. The number of aromatic hydroxyl groups is 1. The Kier molecular flexibility index (Phi) is 9.05. The van der Waals surface area contributed by atoms with E-state index in [1.165, 1.54) is 17.0 Å². The van der Waals surface area contributed by atoms with Gasteiger partial charge < -0.3 is 29.9 Å². The number of phenolic OH excluding ortho intramolecular Hbond substituents is 1. The van der Waals surface area contributed by atoms with Crippen LogP contribution in [0.3, 0.4) is 0 Å². The number of aliphatic hydroxyl groups is 1. The molecule has 1 heterocycles. The Morgan fingerprint density at radius 2 is 1.92 bits per heavy atom. The lowest BCUT2D eigenvalue weighted by Crippen LogP contribution is -2.43. The van der Waals surface area contributed by atoms with Gasteiger partial charge in [0.05, 0.1) is 6.54 Å². The number of imide groups is 1. The van der Waals surface area contributed by atoms with E-state index in [4.69, 9.17) is 9.47 Å². The number of anilines is 1. The Hall–Kier alpha value is -3.44. The van der Waals surface area contributed by atoms with Crippen LogP contribution in [0.1, 0.15) is 26.3 Å². The summed E-state index contributed by atoms with van der Waals surface area (Å²) in [6.45, 7) is 5.53. The molecule has 2 atom stereocenters. The van der Waals surface area contributed by atoms with Gasteiger partial charge in [0, 0.05) is 18.3 Å². The molecule has 2 aromatic rings. The highest BCUT2D eigenvalue weighted by molar-refractivity contribution is 8.15. The van der Waals surface area contributed by atoms with E-state index in [1.807, 2.05) is 12.1 Å². The summed E-state index contributed by atoms with van der Waals surface area (Å²) in [6.07, 6.45) is -1.04. The molecular weight excluding hydrogens is 486 g/mol. The van der Waals surface area contributed by atoms with Crippen molar-refractivity contribution in [2.45, 2.75) is 44.3 Å². The van der Waals surface area contributed by atoms with Gasteiger partial charge in [-0.15, -0.1) is 0 Å². The second-order valence-electron chi connectivity index (χ2n) is 9.25. The Labute approximate surface area is 214 Å². The molecule has 1 aliphatic heterocycles. The van der Waals surface area contributed by atoms with Crippen molar-refractivity contribution < 1.29 is 34.1 Å². The Balaban J connectivity index is 1.57. The minimum absolute atomic E-state index is 0.00455. The average Bonchev–Trinajstić information content (AvgIpc) is 3.11. The van der Waals surface area contributed by atoms with E-state index in [-0.39, 0.29) is 30.0 Å². The van der Waals surface area contributed by atoms with Crippen LogP contribution in [-0.2, 0) is 16.0 Å². The third kappa shape index (κ3) is 8.65. The van der Waals surface area contributed by atoms with Crippen LogP contribution >= 0.6 is 11.8 Å². The van der Waals surface area contributed by atoms with E-state index < -0.39 is 23.2 Å². The standard InChI is InChI=1S/C25H31N3O7S/c1-25(2,3)35-24(33)28(14-19(30)15-34-20-6-4-5-18(29)13-20)12-11-16-7-9-17(10-8-16)26-22-21(31)27-23(32)36-22/h4-10,13,19,22,26,29-30H,11-12,14-15H2,1-3H3,(H,27,31,32)/t19-,22?/m0/s1. The van der Waals surface area contributed by atoms with Crippen molar-refractivity contribution in [3.8, 4) is 11.5 Å². The number of carbonyl (C=O) groups excluding carboxylic acids is 3. The van der Waals surface area contributed by atoms with Gasteiger partial charge in [-0.25, -0.2) is 4.79 Å². The summed E-state index contributed by atoms with van der Waals surface area (Å²) < 4.78 is 11.0. The van der Waals surface area contributed by atoms with Crippen LogP contribution < -0.4 is 15.4 Å². The summed E-state index contributed by atoms with van der Waals surface area (Å²) in [5.74, 6) is 0.0791. The SMILES string of the molecule is CC(C)(C)OC(=O)N(CCc1ccc(NC2SC(=O)NC2=O)cc1)C[C@H](O)COc1cccc(O)c1. The molecule has 194 valence electrons. The molecule has 2 aromatic carbocycles. The molecule has 0 aliphatic carbocycles. The third-order valence-corrected chi connectivity index (χ3v) is 5.84. The lowest BCUT2D eigenvalue weighted by molar-refractivity contribution is -0.118. The number of nitrogens with zero attached hydrogens (tertiary/aromatic N) is 1. The Morgan fingerprint density at radius 1 is 1.19 bits per heavy atom. The fourth-order valence-corrected chi connectivity index (χ4v) is 4.03. The number of nitrogens with one attached hydrogen (secondary N) is 2. The van der Waals surface area contributed by atoms with E-state index >= 15 is 0 Å². The highest BCUT2D eigenvalue weighted by atomic mass is 32.2. The molecule has 4 N–H and O–H groups in total. The number of rotatable bonds is 10. The zero-order valence-corrected chi connectivity index (χ0v) is 21.2. The molecule has 3 rings (SSSR count). The quantitative estimate of drug-likeness (QED) is 0.374. The zero-order valence-electron chi connectivity index (χ0n) is 20.4. The fourth-order valence-electron chi connectivity index (χ4n) is 3.29. The largest absolute Gasteiger partial charge is 0.508 e. The molecule has 36 heavy (non-hydrogen) atoms. The number of phenols is 1. The minimum Gasteiger partial charge on any atom is -0.508 e. The van der Waals surface area contributed by atoms with Gasteiger partial charge in [0.25, 0.3) is 11.1 Å². The summed E-state index contributed by atoms with van der Waals surface area (Å²) in [6, 6.07) is 13.5. The molecule has 3 amide bonds. The lowest BCUT2D eigenvalue weighted by Gasteiger charge is -2.29. The molecule has 10 nitrogen and oxygen atoms in total. The highest BCUT2D eigenvalue weighted by Crippen LogP contribution is 2.22. The van der Waals surface area contributed by atoms with Crippen molar-refractivity contribution in [1.29, 1.82) is 0 Å². The summed E-state index contributed by atoms with van der Waals surface area (Å²) in [5, 5.41) is 24.2. The van der Waals surface area contributed by atoms with E-state index in [1.54, 1.807) is 45.0 Å². The first-order chi connectivity index (χ1) is 17.0. The van der Waals surface area contributed by atoms with E-state index in [0.717, 1.165) is 17.3 Å². The molecule has 11 heteroatoms. The Morgan fingerprint density at radius 3 is 2.53 bits per heavy atom. The molecule has 0 bridgehead atoms. The number of benzene rings is 2. The smallest absolute Gasteiger partial charge is 0.410 e. The van der Waals surface area contributed by atoms with E-state index in [9.17, 15) is 24.6 Å². The maximum absolute atomic E-state index is 12.8. The normalized spacial score (nSPS) is 16.3. The monoisotopic (exact) mass is 517 g/mol. The van der Waals surface area contributed by atoms with Gasteiger partial charge in [-0.05, 0) is 68.8 Å². The van der Waals surface area contributed by atoms with E-state index in [0.29, 0.717) is 24.4 Å². The lowest BCUT2D eigenvalue weighted by atomic mass is 10.1. The van der Waals surface area contributed by atoms with Crippen LogP contribution in [0.4, 0.5) is 15.3 Å². The van der Waals surface area contributed by atoms with Gasteiger partial charge in [-0.3, -0.25) is 14.9 Å². The first-order valence-electron chi connectivity index (χ1n) is 11.4. The number of aliphatic hydroxyl groups excluding tert-OH is 1. The highest BCUT2D eigenvalue weighted by Gasteiger charge is 2.31. The van der Waals surface area contributed by atoms with Gasteiger partial charge in [0.1, 0.15) is 29.8 Å². The Bertz CT molecular complexity index is 1070. The molecule has 1 saturated heterocycles. The van der Waals surface area contributed by atoms with Crippen LogP contribution in [-0.4, -0.2) is 69.1 Å². The van der Waals surface area contributed by atoms with Crippen molar-refractivity contribution in [2.75, 3.05) is 25.0 Å². The van der Waals surface area contributed by atoms with Crippen LogP contribution in [0.25, 0.3) is 0 Å². The molecule has 0 aromatic heterocycles. The molecule has 1 aliphatic rings. The predicted molar refractivity (Wildman–Crippen MR) is 136 cm³/mol. The van der Waals surface area contributed by atoms with Gasteiger partial charge in [-0.2, -0.15) is 0 Å². The van der Waals surface area contributed by atoms with E-state index in [2.05, 4.69) is 10.6 Å². The summed E-state index contributed by atoms with van der Waals surface area (Å²) in [4.78, 5) is 37.2. The number of hydrogen-bond acceptors (Lipinski definition) is 9. The maximum Gasteiger partial charge on any atom is 0.410 e. The number of amides is 3. The zero-order chi connectivity index (χ0) is 26.3. The van der Waals surface area contributed by atoms with Crippen molar-refractivity contribution in [2.24, 2.45) is 0 Å². The van der Waals surface area contributed by atoms with Crippen molar-refractivity contribution in [1.82, 2.24) is 10.2 Å². The first kappa shape index (κ1) is 27.2. The van der Waals surface area contributed by atoms with Gasteiger partial charge in [-0.1, -0.05) is 18.2 Å². The maximum atomic E-state index is 12.8. The minimum atomic E-state index is -0.982. The molecule has 0 spiro atoms. The van der Waals surface area contributed by atoms with Crippen LogP contribution in [0, 0.1) is 0 Å². The number of ether oxygens (including phenoxy) is 2. The van der Waals surface area contributed by atoms with Crippen molar-refractivity contribution >= 4 is 34.7 Å². The molecular formula is C25H31N3O7S. The van der Waals surface area contributed by atoms with Crippen LogP contribution in [0.2, 0.25) is 0 Å². The molecule has 0 saturated carbocycles. The summed E-state index contributed by atoms with van der Waals surface area (Å²) >= 11 is 0.888. The molecule has 1 fully saturated rings. The first-order valence-corrected chi connectivity index (χ1v) is 12.3. The van der Waals surface area contributed by atoms with Gasteiger partial charge in [0.2, 0.25) is 0 Å². The third-order valence-electron chi connectivity index (χ3n) is 4.95. The van der Waals surface area contributed by atoms with Crippen molar-refractivity contribution in [3.63, 3.8) is 0 Å². The van der Waals surface area contributed by atoms with Gasteiger partial charge >= 0.3 is 6.09 Å². The number of carbonyl (C=O) groups is 3. The fraction of sp³-hybridized carbons (Fsp3) is 0.400. The van der Waals surface area contributed by atoms with Crippen molar-refractivity contribution in [3.05, 3.63) is 54.1 Å². The number of hydrogen-bond donors (Lipinski definition) is 4. The van der Waals surface area contributed by atoms with Crippen LogP contribution in [0.5, 0.6) is 11.5 Å². The molecule has 0 radical (unpaired) electrons. The average molecular weight is 518 g/mol. The predicted octanol–water partition coefficient (Wildman–Crippen LogP) is 3.33. The number of thioether (sulfide) groups is 1. The topological polar surface area (TPSA) is 137 Å². The summed E-state index contributed by atoms with van der Waals surface area (Å²) in [7, 11) is 0. The second-order valence-corrected chi connectivity index (χ2v) is 10.3. The van der Waals surface area contributed by atoms with Gasteiger partial charge in [0.15, 0.2) is 5.37 Å². The second kappa shape index (κ2) is 12.0. The molecule has 1 unspecified atom stereocenters. The van der Waals surface area contributed by atoms with Crippen LogP contribution in [0.15, 0.2) is 48.5 Å².